The van der Waals surface area contributed by atoms with E-state index in [4.69, 9.17) is 14.0 Å². The van der Waals surface area contributed by atoms with E-state index in [1.165, 1.54) is 7.11 Å². The first-order valence-corrected chi connectivity index (χ1v) is 6.23. The van der Waals surface area contributed by atoms with Crippen molar-refractivity contribution in [3.8, 4) is 0 Å². The zero-order valence-corrected chi connectivity index (χ0v) is 11.4. The molecule has 1 atom stereocenters. The number of morpholine rings is 1. The molecule has 0 aliphatic carbocycles. The Bertz CT molecular complexity index is 487. The highest BCUT2D eigenvalue weighted by Gasteiger charge is 2.31. The van der Waals surface area contributed by atoms with Crippen LogP contribution in [0.4, 0.5) is 5.82 Å². The van der Waals surface area contributed by atoms with Gasteiger partial charge < -0.3 is 19.3 Å². The van der Waals surface area contributed by atoms with Crippen molar-refractivity contribution in [2.24, 2.45) is 0 Å². The number of hydrogen-bond donors (Lipinski definition) is 1. The van der Waals surface area contributed by atoms with Crippen LogP contribution >= 0.6 is 0 Å². The molecule has 1 unspecified atom stereocenters. The second-order valence-corrected chi connectivity index (χ2v) is 4.46. The smallest absolute Gasteiger partial charge is 0.325 e. The van der Waals surface area contributed by atoms with Gasteiger partial charge >= 0.3 is 5.97 Å². The van der Waals surface area contributed by atoms with Crippen molar-refractivity contribution < 1.29 is 23.6 Å². The second kappa shape index (κ2) is 6.49. The number of hydrogen-bond acceptors (Lipinski definition) is 7. The monoisotopic (exact) mass is 283 g/mol. The molecule has 0 spiro atoms. The summed E-state index contributed by atoms with van der Waals surface area (Å²) in [6.45, 7) is 2.99. The Morgan fingerprint density at radius 2 is 2.40 bits per heavy atom. The molecule has 1 N–H and O–H groups in total. The Morgan fingerprint density at radius 3 is 3.05 bits per heavy atom. The summed E-state index contributed by atoms with van der Waals surface area (Å²) < 4.78 is 14.8. The normalized spacial score (nSPS) is 19.6. The lowest BCUT2D eigenvalue weighted by Gasteiger charge is -2.32. The quantitative estimate of drug-likeness (QED) is 0.764. The van der Waals surface area contributed by atoms with Gasteiger partial charge in [0.1, 0.15) is 11.8 Å². The minimum atomic E-state index is -0.557. The lowest BCUT2D eigenvalue weighted by Crippen LogP contribution is -2.52. The molecule has 1 amide bonds. The van der Waals surface area contributed by atoms with Gasteiger partial charge in [0.25, 0.3) is 0 Å². The van der Waals surface area contributed by atoms with Crippen LogP contribution in [-0.4, -0.2) is 61.4 Å². The summed E-state index contributed by atoms with van der Waals surface area (Å²) >= 11 is 0. The van der Waals surface area contributed by atoms with Crippen LogP contribution in [0.15, 0.2) is 10.6 Å². The minimum absolute atomic E-state index is 0.0645. The van der Waals surface area contributed by atoms with Crippen LogP contribution in [0.5, 0.6) is 0 Å². The highest BCUT2D eigenvalue weighted by Crippen LogP contribution is 2.10. The molecule has 0 aromatic carbocycles. The molecule has 8 heteroatoms. The van der Waals surface area contributed by atoms with Gasteiger partial charge in [-0.1, -0.05) is 5.16 Å². The Kier molecular flexibility index (Phi) is 4.70. The van der Waals surface area contributed by atoms with E-state index in [-0.39, 0.29) is 19.1 Å². The molecule has 0 saturated carbocycles. The van der Waals surface area contributed by atoms with Gasteiger partial charge in [0.2, 0.25) is 5.91 Å². The number of nitrogens with one attached hydrogen (secondary N) is 1. The fourth-order valence-corrected chi connectivity index (χ4v) is 1.97. The van der Waals surface area contributed by atoms with Crippen molar-refractivity contribution in [2.45, 2.75) is 13.0 Å². The minimum Gasteiger partial charge on any atom is -0.468 e. The number of amides is 1. The number of anilines is 1. The molecular weight excluding hydrogens is 266 g/mol. The van der Waals surface area contributed by atoms with E-state index >= 15 is 0 Å². The fraction of sp³-hybridized carbons (Fsp3) is 0.583. The maximum atomic E-state index is 11.9. The van der Waals surface area contributed by atoms with Crippen LogP contribution in [0.2, 0.25) is 0 Å². The van der Waals surface area contributed by atoms with E-state index in [2.05, 4.69) is 10.5 Å². The molecule has 0 bridgehead atoms. The van der Waals surface area contributed by atoms with Crippen LogP contribution in [-0.2, 0) is 19.1 Å². The third kappa shape index (κ3) is 3.55. The molecule has 2 rings (SSSR count). The third-order valence-corrected chi connectivity index (χ3v) is 2.95. The summed E-state index contributed by atoms with van der Waals surface area (Å²) in [6.07, 6.45) is 0. The number of aromatic nitrogens is 1. The molecule has 1 fully saturated rings. The largest absolute Gasteiger partial charge is 0.468 e. The van der Waals surface area contributed by atoms with Crippen molar-refractivity contribution in [3.63, 3.8) is 0 Å². The first kappa shape index (κ1) is 14.5. The number of methoxy groups -OCH3 is 1. The Labute approximate surface area is 116 Å². The number of esters is 1. The summed E-state index contributed by atoms with van der Waals surface area (Å²) in [6, 6.07) is 1.06. The van der Waals surface area contributed by atoms with Crippen molar-refractivity contribution in [2.75, 3.05) is 38.7 Å². The van der Waals surface area contributed by atoms with E-state index in [1.54, 1.807) is 17.9 Å². The Hall–Kier alpha value is -1.93. The van der Waals surface area contributed by atoms with Gasteiger partial charge in [0.05, 0.1) is 26.9 Å². The van der Waals surface area contributed by atoms with Crippen LogP contribution in [0.25, 0.3) is 0 Å². The topological polar surface area (TPSA) is 93.9 Å². The molecule has 1 aromatic heterocycles. The number of carbonyl (C=O) groups is 2. The molecule has 110 valence electrons. The van der Waals surface area contributed by atoms with E-state index < -0.39 is 12.0 Å². The van der Waals surface area contributed by atoms with Gasteiger partial charge in [-0.3, -0.25) is 14.5 Å². The highest BCUT2D eigenvalue weighted by atomic mass is 16.5. The highest BCUT2D eigenvalue weighted by molar-refractivity contribution is 5.91. The van der Waals surface area contributed by atoms with Crippen LogP contribution in [0.1, 0.15) is 5.76 Å². The summed E-state index contributed by atoms with van der Waals surface area (Å²) in [5.41, 5.74) is 0. The predicted molar refractivity (Wildman–Crippen MR) is 68.1 cm³/mol. The summed E-state index contributed by atoms with van der Waals surface area (Å²) in [7, 11) is 1.31. The zero-order chi connectivity index (χ0) is 14.5. The van der Waals surface area contributed by atoms with Crippen molar-refractivity contribution >= 4 is 17.7 Å². The van der Waals surface area contributed by atoms with Crippen molar-refractivity contribution in [1.82, 2.24) is 10.1 Å². The number of carbonyl (C=O) groups excluding carboxylic acids is 2. The van der Waals surface area contributed by atoms with Crippen LogP contribution in [0.3, 0.4) is 0 Å². The van der Waals surface area contributed by atoms with Gasteiger partial charge in [0, 0.05) is 12.6 Å². The summed E-state index contributed by atoms with van der Waals surface area (Å²) in [5.74, 6) is 0.290. The summed E-state index contributed by atoms with van der Waals surface area (Å²) in [4.78, 5) is 25.3. The van der Waals surface area contributed by atoms with Crippen molar-refractivity contribution in [3.05, 3.63) is 11.8 Å². The lowest BCUT2D eigenvalue weighted by atomic mass is 10.2. The molecular formula is C12H17N3O5. The number of ether oxygens (including phenoxy) is 2. The maximum absolute atomic E-state index is 11.9. The van der Waals surface area contributed by atoms with Gasteiger partial charge in [-0.15, -0.1) is 0 Å². The van der Waals surface area contributed by atoms with Crippen molar-refractivity contribution in [1.29, 1.82) is 0 Å². The Morgan fingerprint density at radius 1 is 1.60 bits per heavy atom. The molecule has 2 heterocycles. The van der Waals surface area contributed by atoms with Gasteiger partial charge in [0.15, 0.2) is 5.82 Å². The van der Waals surface area contributed by atoms with E-state index in [0.717, 1.165) is 0 Å². The summed E-state index contributed by atoms with van der Waals surface area (Å²) in [5, 5.41) is 6.29. The SMILES string of the molecule is COC(=O)C1COCCN1CC(=O)Nc1cc(C)on1. The van der Waals surface area contributed by atoms with E-state index in [1.807, 2.05) is 0 Å². The second-order valence-electron chi connectivity index (χ2n) is 4.46. The number of nitrogens with zero attached hydrogens (tertiary/aromatic N) is 2. The first-order chi connectivity index (χ1) is 9.60. The third-order valence-electron chi connectivity index (χ3n) is 2.95. The number of aryl methyl sites for hydroxylation is 1. The van der Waals surface area contributed by atoms with E-state index in [9.17, 15) is 9.59 Å². The molecule has 20 heavy (non-hydrogen) atoms. The average Bonchev–Trinajstić information content (AvgIpc) is 2.83. The number of rotatable bonds is 4. The van der Waals surface area contributed by atoms with Gasteiger partial charge in [-0.05, 0) is 6.92 Å². The fourth-order valence-electron chi connectivity index (χ4n) is 1.97. The molecule has 1 saturated heterocycles. The van der Waals surface area contributed by atoms with Gasteiger partial charge in [-0.2, -0.15) is 0 Å². The molecule has 1 aliphatic heterocycles. The molecule has 1 aliphatic rings. The predicted octanol–water partition coefficient (Wildman–Crippen LogP) is -0.205. The maximum Gasteiger partial charge on any atom is 0.325 e. The molecule has 8 nitrogen and oxygen atoms in total. The average molecular weight is 283 g/mol. The first-order valence-electron chi connectivity index (χ1n) is 6.23. The van der Waals surface area contributed by atoms with Crippen LogP contribution in [0, 0.1) is 6.92 Å². The standard InChI is InChI=1S/C12H17N3O5/c1-8-5-10(14-20-8)13-11(16)6-15-3-4-19-7-9(15)12(17)18-2/h5,9H,3-4,6-7H2,1-2H3,(H,13,14,16). The van der Waals surface area contributed by atoms with E-state index in [0.29, 0.717) is 24.7 Å². The zero-order valence-electron chi connectivity index (χ0n) is 11.4. The van der Waals surface area contributed by atoms with Crippen LogP contribution < -0.4 is 5.32 Å². The lowest BCUT2D eigenvalue weighted by molar-refractivity contribution is -0.153. The van der Waals surface area contributed by atoms with Gasteiger partial charge in [-0.25, -0.2) is 0 Å². The Balaban J connectivity index is 1.92. The molecule has 0 radical (unpaired) electrons. The molecule has 1 aromatic rings.